The minimum absolute atomic E-state index is 0.346. The highest BCUT2D eigenvalue weighted by molar-refractivity contribution is 5.25. The van der Waals surface area contributed by atoms with Gasteiger partial charge in [0.05, 0.1) is 0 Å². The lowest BCUT2D eigenvalue weighted by molar-refractivity contribution is 0.241. The molecule has 1 unspecified atom stereocenters. The smallest absolute Gasteiger partial charge is 0.115 e. The molecule has 18 heavy (non-hydrogen) atoms. The molecular weight excluding hydrogens is 224 g/mol. The molecule has 1 atom stereocenters. The van der Waals surface area contributed by atoms with Crippen LogP contribution in [0.3, 0.4) is 0 Å². The molecule has 100 valence electrons. The molecule has 0 aliphatic carbocycles. The first kappa shape index (κ1) is 13.4. The van der Waals surface area contributed by atoms with E-state index in [-0.39, 0.29) is 0 Å². The number of benzene rings is 1. The van der Waals surface area contributed by atoms with Gasteiger partial charge < -0.3 is 10.4 Å². The van der Waals surface area contributed by atoms with Crippen molar-refractivity contribution < 1.29 is 5.11 Å². The van der Waals surface area contributed by atoms with E-state index in [1.54, 1.807) is 12.1 Å². The van der Waals surface area contributed by atoms with Crippen molar-refractivity contribution >= 4 is 0 Å². The molecule has 0 spiro atoms. The van der Waals surface area contributed by atoms with Crippen LogP contribution in [0.25, 0.3) is 0 Å². The van der Waals surface area contributed by atoms with Gasteiger partial charge in [0.15, 0.2) is 0 Å². The highest BCUT2D eigenvalue weighted by Crippen LogP contribution is 2.14. The molecule has 1 heterocycles. The lowest BCUT2D eigenvalue weighted by Gasteiger charge is -2.25. The summed E-state index contributed by atoms with van der Waals surface area (Å²) in [4.78, 5) is 2.51. The fraction of sp³-hybridized carbons (Fsp3) is 0.600. The third kappa shape index (κ3) is 4.00. The van der Waals surface area contributed by atoms with Crippen molar-refractivity contribution in [3.8, 4) is 5.75 Å². The largest absolute Gasteiger partial charge is 0.508 e. The first-order valence-electron chi connectivity index (χ1n) is 7.01. The van der Waals surface area contributed by atoms with Crippen LogP contribution in [-0.2, 0) is 6.54 Å². The predicted octanol–water partition coefficient (Wildman–Crippen LogP) is 2.36. The molecule has 0 aromatic heterocycles. The van der Waals surface area contributed by atoms with Gasteiger partial charge in [-0.05, 0) is 50.0 Å². The molecule has 3 nitrogen and oxygen atoms in total. The molecule has 0 bridgehead atoms. The van der Waals surface area contributed by atoms with Gasteiger partial charge in [-0.2, -0.15) is 0 Å². The Morgan fingerprint density at radius 1 is 1.33 bits per heavy atom. The first-order chi connectivity index (χ1) is 8.78. The molecular formula is C15H24N2O. The average Bonchev–Trinajstić information content (AvgIpc) is 2.85. The van der Waals surface area contributed by atoms with Gasteiger partial charge in [-0.3, -0.25) is 4.90 Å². The van der Waals surface area contributed by atoms with E-state index in [2.05, 4.69) is 17.1 Å². The summed E-state index contributed by atoms with van der Waals surface area (Å²) in [5.74, 6) is 0.346. The highest BCUT2D eigenvalue weighted by atomic mass is 16.3. The number of hydrogen-bond donors (Lipinski definition) is 2. The lowest BCUT2D eigenvalue weighted by Crippen LogP contribution is -2.37. The van der Waals surface area contributed by atoms with E-state index in [1.165, 1.54) is 31.4 Å². The zero-order valence-electron chi connectivity index (χ0n) is 11.2. The monoisotopic (exact) mass is 248 g/mol. The summed E-state index contributed by atoms with van der Waals surface area (Å²) in [6.07, 6.45) is 3.80. The maximum atomic E-state index is 9.30. The average molecular weight is 248 g/mol. The van der Waals surface area contributed by atoms with E-state index in [9.17, 15) is 5.11 Å². The number of phenols is 1. The Balaban J connectivity index is 1.90. The second-order valence-electron chi connectivity index (χ2n) is 5.19. The van der Waals surface area contributed by atoms with Crippen LogP contribution in [0.2, 0.25) is 0 Å². The summed E-state index contributed by atoms with van der Waals surface area (Å²) >= 11 is 0. The molecule has 1 aliphatic rings. The molecule has 3 heteroatoms. The zero-order valence-corrected chi connectivity index (χ0v) is 11.2. The molecule has 0 radical (unpaired) electrons. The number of nitrogens with one attached hydrogen (secondary N) is 1. The van der Waals surface area contributed by atoms with Crippen LogP contribution in [0.4, 0.5) is 0 Å². The van der Waals surface area contributed by atoms with Gasteiger partial charge in [-0.1, -0.05) is 19.1 Å². The van der Waals surface area contributed by atoms with Crippen LogP contribution < -0.4 is 5.32 Å². The lowest BCUT2D eigenvalue weighted by atomic mass is 10.1. The number of nitrogens with zero attached hydrogens (tertiary/aromatic N) is 1. The van der Waals surface area contributed by atoms with Crippen molar-refractivity contribution in [2.45, 2.75) is 38.8 Å². The summed E-state index contributed by atoms with van der Waals surface area (Å²) in [5, 5.41) is 12.9. The normalized spacial score (nSPS) is 19.6. The van der Waals surface area contributed by atoms with Crippen molar-refractivity contribution in [1.29, 1.82) is 0 Å². The molecule has 1 fully saturated rings. The summed E-state index contributed by atoms with van der Waals surface area (Å²) in [5.41, 5.74) is 1.28. The Bertz CT molecular complexity index is 344. The third-order valence-corrected chi connectivity index (χ3v) is 3.52. The molecule has 1 saturated heterocycles. The second kappa shape index (κ2) is 6.76. The van der Waals surface area contributed by atoms with Crippen LogP contribution in [0.15, 0.2) is 24.3 Å². The second-order valence-corrected chi connectivity index (χ2v) is 5.19. The molecule has 0 saturated carbocycles. The number of aromatic hydroxyl groups is 1. The van der Waals surface area contributed by atoms with Gasteiger partial charge in [-0.15, -0.1) is 0 Å². The standard InChI is InChI=1S/C15H24N2O/c1-2-10-17(12-14-4-3-9-16-14)11-13-5-7-15(18)8-6-13/h5-8,14,16,18H,2-4,9-12H2,1H3. The van der Waals surface area contributed by atoms with E-state index < -0.39 is 0 Å². The quantitative estimate of drug-likeness (QED) is 0.811. The molecule has 2 N–H and O–H groups in total. The van der Waals surface area contributed by atoms with Gasteiger partial charge in [0, 0.05) is 19.1 Å². The summed E-state index contributed by atoms with van der Waals surface area (Å²) in [6, 6.07) is 8.23. The maximum absolute atomic E-state index is 9.30. The molecule has 0 amide bonds. The zero-order chi connectivity index (χ0) is 12.8. The van der Waals surface area contributed by atoms with Crippen LogP contribution in [0, 0.1) is 0 Å². The predicted molar refractivity (Wildman–Crippen MR) is 74.7 cm³/mol. The van der Waals surface area contributed by atoms with Crippen LogP contribution in [0.5, 0.6) is 5.75 Å². The van der Waals surface area contributed by atoms with Crippen molar-refractivity contribution in [3.63, 3.8) is 0 Å². The Hall–Kier alpha value is -1.06. The van der Waals surface area contributed by atoms with E-state index in [0.717, 1.165) is 19.6 Å². The van der Waals surface area contributed by atoms with E-state index in [1.807, 2.05) is 12.1 Å². The van der Waals surface area contributed by atoms with Crippen LogP contribution >= 0.6 is 0 Å². The third-order valence-electron chi connectivity index (χ3n) is 3.52. The summed E-state index contributed by atoms with van der Waals surface area (Å²) < 4.78 is 0. The van der Waals surface area contributed by atoms with Gasteiger partial charge in [0.1, 0.15) is 5.75 Å². The summed E-state index contributed by atoms with van der Waals surface area (Å²) in [7, 11) is 0. The van der Waals surface area contributed by atoms with Crippen molar-refractivity contribution in [2.24, 2.45) is 0 Å². The van der Waals surface area contributed by atoms with Crippen molar-refractivity contribution in [3.05, 3.63) is 29.8 Å². The first-order valence-corrected chi connectivity index (χ1v) is 7.01. The van der Waals surface area contributed by atoms with Gasteiger partial charge in [0.2, 0.25) is 0 Å². The number of hydrogen-bond acceptors (Lipinski definition) is 3. The molecule has 2 rings (SSSR count). The van der Waals surface area contributed by atoms with Gasteiger partial charge in [-0.25, -0.2) is 0 Å². The fourth-order valence-corrected chi connectivity index (χ4v) is 2.63. The van der Waals surface area contributed by atoms with E-state index in [0.29, 0.717) is 11.8 Å². The number of phenolic OH excluding ortho intramolecular Hbond substituents is 1. The number of rotatable bonds is 6. The molecule has 1 aromatic rings. The Kier molecular flexibility index (Phi) is 5.02. The topological polar surface area (TPSA) is 35.5 Å². The Labute approximate surface area is 110 Å². The maximum Gasteiger partial charge on any atom is 0.115 e. The fourth-order valence-electron chi connectivity index (χ4n) is 2.63. The van der Waals surface area contributed by atoms with Crippen LogP contribution in [-0.4, -0.2) is 35.7 Å². The minimum atomic E-state index is 0.346. The van der Waals surface area contributed by atoms with E-state index in [4.69, 9.17) is 0 Å². The SMILES string of the molecule is CCCN(Cc1ccc(O)cc1)CC1CCCN1. The van der Waals surface area contributed by atoms with Gasteiger partial charge in [0.25, 0.3) is 0 Å². The van der Waals surface area contributed by atoms with Crippen LogP contribution in [0.1, 0.15) is 31.7 Å². The highest BCUT2D eigenvalue weighted by Gasteiger charge is 2.17. The Morgan fingerprint density at radius 2 is 2.11 bits per heavy atom. The van der Waals surface area contributed by atoms with Crippen molar-refractivity contribution in [2.75, 3.05) is 19.6 Å². The van der Waals surface area contributed by atoms with E-state index >= 15 is 0 Å². The minimum Gasteiger partial charge on any atom is -0.508 e. The summed E-state index contributed by atoms with van der Waals surface area (Å²) in [6.45, 7) is 6.65. The molecule has 1 aliphatic heterocycles. The molecule has 1 aromatic carbocycles. The van der Waals surface area contributed by atoms with Gasteiger partial charge >= 0.3 is 0 Å². The van der Waals surface area contributed by atoms with Crippen molar-refractivity contribution in [1.82, 2.24) is 10.2 Å². The Morgan fingerprint density at radius 3 is 2.72 bits per heavy atom.